The number of benzene rings is 1. The van der Waals surface area contributed by atoms with E-state index < -0.39 is 6.10 Å². The van der Waals surface area contributed by atoms with Crippen LogP contribution in [0.4, 0.5) is 0 Å². The minimum Gasteiger partial charge on any atom is -0.388 e. The van der Waals surface area contributed by atoms with Gasteiger partial charge in [0.05, 0.1) is 17.8 Å². The monoisotopic (exact) mass is 219 g/mol. The lowest BCUT2D eigenvalue weighted by atomic mass is 10.0. The molecule has 0 radical (unpaired) electrons. The van der Waals surface area contributed by atoms with Crippen molar-refractivity contribution in [2.75, 3.05) is 20.6 Å². The Hall–Kier alpha value is -1.39. The molecule has 4 heteroatoms. The average molecular weight is 219 g/mol. The van der Waals surface area contributed by atoms with Gasteiger partial charge in [-0.25, -0.2) is 0 Å². The van der Waals surface area contributed by atoms with Crippen LogP contribution in [-0.4, -0.2) is 40.8 Å². The maximum Gasteiger partial charge on any atom is 0.0802 e. The molecule has 1 unspecified atom stereocenters. The normalized spacial score (nSPS) is 13.5. The standard InChI is InChI=1S/C12H17N3O/c1-15(2)6-5-12(16)9-3-4-11-10(7-9)8-13-14-11/h3-4,7-8,12,16H,5-6H2,1-2H3,(H,13,14). The summed E-state index contributed by atoms with van der Waals surface area (Å²) in [6.45, 7) is 0.880. The lowest BCUT2D eigenvalue weighted by Gasteiger charge is -2.14. The second-order valence-corrected chi connectivity index (χ2v) is 4.32. The number of fused-ring (bicyclic) bond motifs is 1. The summed E-state index contributed by atoms with van der Waals surface area (Å²) in [5.74, 6) is 0. The predicted molar refractivity (Wildman–Crippen MR) is 64.2 cm³/mol. The van der Waals surface area contributed by atoms with Gasteiger partial charge in [0.25, 0.3) is 0 Å². The smallest absolute Gasteiger partial charge is 0.0802 e. The molecule has 1 aromatic heterocycles. The fourth-order valence-electron chi connectivity index (χ4n) is 1.72. The second-order valence-electron chi connectivity index (χ2n) is 4.32. The first kappa shape index (κ1) is 11.1. The first-order valence-corrected chi connectivity index (χ1v) is 5.42. The Bertz CT molecular complexity index is 464. The SMILES string of the molecule is CN(C)CCC(O)c1ccc2[nH]ncc2c1. The predicted octanol–water partition coefficient (Wildman–Crippen LogP) is 1.55. The summed E-state index contributed by atoms with van der Waals surface area (Å²) in [7, 11) is 4.01. The molecule has 2 N–H and O–H groups in total. The zero-order valence-corrected chi connectivity index (χ0v) is 9.64. The van der Waals surface area contributed by atoms with E-state index in [2.05, 4.69) is 15.1 Å². The Labute approximate surface area is 94.9 Å². The van der Waals surface area contributed by atoms with Gasteiger partial charge in [0, 0.05) is 11.9 Å². The summed E-state index contributed by atoms with van der Waals surface area (Å²) < 4.78 is 0. The summed E-state index contributed by atoms with van der Waals surface area (Å²) in [5, 5.41) is 17.9. The molecule has 0 saturated heterocycles. The van der Waals surface area contributed by atoms with Crippen molar-refractivity contribution in [1.82, 2.24) is 15.1 Å². The van der Waals surface area contributed by atoms with E-state index in [4.69, 9.17) is 0 Å². The van der Waals surface area contributed by atoms with E-state index in [1.165, 1.54) is 0 Å². The molecule has 2 aromatic rings. The Morgan fingerprint density at radius 2 is 2.25 bits per heavy atom. The molecule has 0 aliphatic heterocycles. The molecule has 86 valence electrons. The molecule has 0 fully saturated rings. The van der Waals surface area contributed by atoms with Crippen LogP contribution in [0.2, 0.25) is 0 Å². The quantitative estimate of drug-likeness (QED) is 0.820. The van der Waals surface area contributed by atoms with Crippen molar-refractivity contribution >= 4 is 10.9 Å². The number of aliphatic hydroxyl groups excluding tert-OH is 1. The van der Waals surface area contributed by atoms with E-state index in [-0.39, 0.29) is 0 Å². The van der Waals surface area contributed by atoms with Gasteiger partial charge < -0.3 is 10.0 Å². The second kappa shape index (κ2) is 4.63. The number of hydrogen-bond donors (Lipinski definition) is 2. The molecule has 0 aliphatic carbocycles. The Morgan fingerprint density at radius 1 is 1.44 bits per heavy atom. The van der Waals surface area contributed by atoms with E-state index in [0.717, 1.165) is 29.4 Å². The average Bonchev–Trinajstić information content (AvgIpc) is 2.72. The lowest BCUT2D eigenvalue weighted by Crippen LogP contribution is -2.15. The number of aromatic nitrogens is 2. The van der Waals surface area contributed by atoms with Gasteiger partial charge in [0.1, 0.15) is 0 Å². The molecule has 0 aliphatic rings. The third-order valence-corrected chi connectivity index (χ3v) is 2.70. The van der Waals surface area contributed by atoms with Crippen LogP contribution in [0.1, 0.15) is 18.1 Å². The molecule has 1 aromatic carbocycles. The van der Waals surface area contributed by atoms with Gasteiger partial charge >= 0.3 is 0 Å². The van der Waals surface area contributed by atoms with Crippen molar-refractivity contribution in [2.24, 2.45) is 0 Å². The van der Waals surface area contributed by atoms with Crippen molar-refractivity contribution in [3.63, 3.8) is 0 Å². The van der Waals surface area contributed by atoms with Crippen LogP contribution in [0.15, 0.2) is 24.4 Å². The fraction of sp³-hybridized carbons (Fsp3) is 0.417. The molecule has 0 spiro atoms. The Balaban J connectivity index is 2.12. The van der Waals surface area contributed by atoms with Crippen molar-refractivity contribution in [3.05, 3.63) is 30.0 Å². The van der Waals surface area contributed by atoms with E-state index in [1.807, 2.05) is 32.3 Å². The highest BCUT2D eigenvalue weighted by molar-refractivity contribution is 5.78. The van der Waals surface area contributed by atoms with E-state index in [9.17, 15) is 5.11 Å². The maximum absolute atomic E-state index is 10.0. The molecule has 0 bridgehead atoms. The fourth-order valence-corrected chi connectivity index (χ4v) is 1.72. The number of aromatic amines is 1. The number of hydrogen-bond acceptors (Lipinski definition) is 3. The van der Waals surface area contributed by atoms with E-state index in [0.29, 0.717) is 0 Å². The molecule has 16 heavy (non-hydrogen) atoms. The molecule has 4 nitrogen and oxygen atoms in total. The first-order valence-electron chi connectivity index (χ1n) is 5.42. The number of nitrogens with one attached hydrogen (secondary N) is 1. The van der Waals surface area contributed by atoms with Crippen molar-refractivity contribution < 1.29 is 5.11 Å². The summed E-state index contributed by atoms with van der Waals surface area (Å²) in [6.07, 6.45) is 2.12. The zero-order chi connectivity index (χ0) is 11.5. The minimum absolute atomic E-state index is 0.401. The van der Waals surface area contributed by atoms with E-state index in [1.54, 1.807) is 6.20 Å². The van der Waals surface area contributed by atoms with Crippen molar-refractivity contribution in [3.8, 4) is 0 Å². The summed E-state index contributed by atoms with van der Waals surface area (Å²) in [6, 6.07) is 5.89. The molecule has 2 rings (SSSR count). The van der Waals surface area contributed by atoms with Crippen molar-refractivity contribution in [2.45, 2.75) is 12.5 Å². The van der Waals surface area contributed by atoms with Gasteiger partial charge in [0.15, 0.2) is 0 Å². The molecule has 1 atom stereocenters. The van der Waals surface area contributed by atoms with Crippen LogP contribution in [0, 0.1) is 0 Å². The summed E-state index contributed by atoms with van der Waals surface area (Å²) in [5.41, 5.74) is 1.96. The third-order valence-electron chi connectivity index (χ3n) is 2.70. The van der Waals surface area contributed by atoms with Crippen molar-refractivity contribution in [1.29, 1.82) is 0 Å². The highest BCUT2D eigenvalue weighted by Crippen LogP contribution is 2.21. The number of rotatable bonds is 4. The van der Waals surface area contributed by atoms with Crippen LogP contribution >= 0.6 is 0 Å². The van der Waals surface area contributed by atoms with Gasteiger partial charge in [-0.3, -0.25) is 5.10 Å². The van der Waals surface area contributed by atoms with Gasteiger partial charge in [-0.15, -0.1) is 0 Å². The molecule has 0 amide bonds. The van der Waals surface area contributed by atoms with Crippen LogP contribution in [0.5, 0.6) is 0 Å². The van der Waals surface area contributed by atoms with E-state index >= 15 is 0 Å². The highest BCUT2D eigenvalue weighted by Gasteiger charge is 2.08. The lowest BCUT2D eigenvalue weighted by molar-refractivity contribution is 0.154. The van der Waals surface area contributed by atoms with Crippen LogP contribution in [-0.2, 0) is 0 Å². The molecule has 0 saturated carbocycles. The highest BCUT2D eigenvalue weighted by atomic mass is 16.3. The number of nitrogens with zero attached hydrogens (tertiary/aromatic N) is 2. The Kier molecular flexibility index (Phi) is 3.22. The van der Waals surface area contributed by atoms with Gasteiger partial charge in [-0.05, 0) is 38.2 Å². The molecular formula is C12H17N3O. The molecular weight excluding hydrogens is 202 g/mol. The van der Waals surface area contributed by atoms with Crippen LogP contribution in [0.25, 0.3) is 10.9 Å². The summed E-state index contributed by atoms with van der Waals surface area (Å²) in [4.78, 5) is 2.07. The number of aliphatic hydroxyl groups is 1. The van der Waals surface area contributed by atoms with Crippen LogP contribution in [0.3, 0.4) is 0 Å². The summed E-state index contributed by atoms with van der Waals surface area (Å²) >= 11 is 0. The maximum atomic E-state index is 10.0. The van der Waals surface area contributed by atoms with Gasteiger partial charge in [-0.1, -0.05) is 6.07 Å². The largest absolute Gasteiger partial charge is 0.388 e. The molecule has 1 heterocycles. The van der Waals surface area contributed by atoms with Crippen LogP contribution < -0.4 is 0 Å². The van der Waals surface area contributed by atoms with Gasteiger partial charge in [0.2, 0.25) is 0 Å². The third kappa shape index (κ3) is 2.40. The Morgan fingerprint density at radius 3 is 3.00 bits per heavy atom. The zero-order valence-electron chi connectivity index (χ0n) is 9.64. The van der Waals surface area contributed by atoms with Gasteiger partial charge in [-0.2, -0.15) is 5.10 Å². The minimum atomic E-state index is -0.401. The number of H-pyrrole nitrogens is 1. The topological polar surface area (TPSA) is 52.1 Å². The first-order chi connectivity index (χ1) is 7.66.